The lowest BCUT2D eigenvalue weighted by Gasteiger charge is -2.10. The minimum atomic E-state index is -3.62. The first-order chi connectivity index (χ1) is 16.9. The van der Waals surface area contributed by atoms with E-state index in [0.29, 0.717) is 17.4 Å². The van der Waals surface area contributed by atoms with Crippen molar-refractivity contribution in [3.63, 3.8) is 0 Å². The SMILES string of the molecule is CCn1cc(-c2ccnc(NCCNS(=O)(=O)c3ccc(Cl)cc3)c2)c(-c2cccc(OC)c2)n1. The maximum atomic E-state index is 12.4. The molecule has 2 heterocycles. The molecule has 0 saturated heterocycles. The molecular weight excluding hydrogens is 486 g/mol. The number of nitrogens with one attached hydrogen (secondary N) is 2. The number of hydrogen-bond acceptors (Lipinski definition) is 6. The highest BCUT2D eigenvalue weighted by atomic mass is 35.5. The summed E-state index contributed by atoms with van der Waals surface area (Å²) in [6, 6.07) is 17.7. The molecule has 0 atom stereocenters. The number of ether oxygens (including phenoxy) is 1. The summed E-state index contributed by atoms with van der Waals surface area (Å²) < 4.78 is 34.7. The molecule has 0 fully saturated rings. The molecule has 0 aliphatic rings. The Balaban J connectivity index is 1.48. The first-order valence-corrected chi connectivity index (χ1v) is 12.9. The van der Waals surface area contributed by atoms with Crippen molar-refractivity contribution in [1.29, 1.82) is 0 Å². The van der Waals surface area contributed by atoms with E-state index in [1.54, 1.807) is 25.4 Å². The van der Waals surface area contributed by atoms with E-state index in [2.05, 4.69) is 15.0 Å². The maximum absolute atomic E-state index is 12.4. The van der Waals surface area contributed by atoms with E-state index in [4.69, 9.17) is 21.4 Å². The third kappa shape index (κ3) is 6.00. The predicted molar refractivity (Wildman–Crippen MR) is 138 cm³/mol. The van der Waals surface area contributed by atoms with Gasteiger partial charge in [0.1, 0.15) is 17.3 Å². The fourth-order valence-electron chi connectivity index (χ4n) is 3.55. The van der Waals surface area contributed by atoms with Gasteiger partial charge in [0, 0.05) is 48.2 Å². The van der Waals surface area contributed by atoms with Gasteiger partial charge in [0.15, 0.2) is 0 Å². The number of hydrogen-bond donors (Lipinski definition) is 2. The molecule has 2 aromatic heterocycles. The highest BCUT2D eigenvalue weighted by molar-refractivity contribution is 7.89. The highest BCUT2D eigenvalue weighted by Gasteiger charge is 2.15. The number of benzene rings is 2. The van der Waals surface area contributed by atoms with Crippen molar-refractivity contribution in [3.8, 4) is 28.1 Å². The van der Waals surface area contributed by atoms with E-state index in [9.17, 15) is 8.42 Å². The van der Waals surface area contributed by atoms with Crippen molar-refractivity contribution >= 4 is 27.4 Å². The third-order valence-corrected chi connectivity index (χ3v) is 7.08. The number of nitrogens with zero attached hydrogens (tertiary/aromatic N) is 3. The molecule has 2 N–H and O–H groups in total. The summed E-state index contributed by atoms with van der Waals surface area (Å²) in [5.74, 6) is 1.40. The Morgan fingerprint density at radius 1 is 1.03 bits per heavy atom. The molecule has 0 spiro atoms. The standard InChI is InChI=1S/C25H26ClN5O3S/c1-3-31-17-23(25(30-31)19-5-4-6-21(15-19)34-2)18-11-12-27-24(16-18)28-13-14-29-35(32,33)22-9-7-20(26)8-10-22/h4-12,15-17,29H,3,13-14H2,1-2H3,(H,27,28). The lowest BCUT2D eigenvalue weighted by Crippen LogP contribution is -2.29. The molecule has 2 aromatic carbocycles. The quantitative estimate of drug-likeness (QED) is 0.300. The molecule has 182 valence electrons. The Bertz CT molecular complexity index is 1400. The van der Waals surface area contributed by atoms with Crippen molar-refractivity contribution in [2.45, 2.75) is 18.4 Å². The number of methoxy groups -OCH3 is 1. The molecular formula is C25H26ClN5O3S. The molecule has 0 aliphatic carbocycles. The number of rotatable bonds is 10. The van der Waals surface area contributed by atoms with Gasteiger partial charge in [0.2, 0.25) is 10.0 Å². The maximum Gasteiger partial charge on any atom is 0.240 e. The minimum absolute atomic E-state index is 0.167. The summed E-state index contributed by atoms with van der Waals surface area (Å²) in [5, 5.41) is 8.41. The number of pyridine rings is 1. The second-order valence-electron chi connectivity index (χ2n) is 7.69. The molecule has 0 saturated carbocycles. The molecule has 0 amide bonds. The third-order valence-electron chi connectivity index (χ3n) is 5.35. The zero-order valence-corrected chi connectivity index (χ0v) is 21.0. The molecule has 4 aromatic rings. The summed E-state index contributed by atoms with van der Waals surface area (Å²) in [5.41, 5.74) is 3.71. The van der Waals surface area contributed by atoms with Crippen molar-refractivity contribution in [3.05, 3.63) is 78.1 Å². The lowest BCUT2D eigenvalue weighted by molar-refractivity contribution is 0.415. The highest BCUT2D eigenvalue weighted by Crippen LogP contribution is 2.33. The fraction of sp³-hybridized carbons (Fsp3) is 0.200. The van der Waals surface area contributed by atoms with Gasteiger partial charge in [-0.05, 0) is 61.0 Å². The first-order valence-electron chi connectivity index (χ1n) is 11.1. The van der Waals surface area contributed by atoms with Crippen LogP contribution >= 0.6 is 11.6 Å². The van der Waals surface area contributed by atoms with E-state index < -0.39 is 10.0 Å². The van der Waals surface area contributed by atoms with Gasteiger partial charge in [0.05, 0.1) is 12.0 Å². The fourth-order valence-corrected chi connectivity index (χ4v) is 4.70. The molecule has 35 heavy (non-hydrogen) atoms. The van der Waals surface area contributed by atoms with Gasteiger partial charge >= 0.3 is 0 Å². The average Bonchev–Trinajstić information content (AvgIpc) is 3.32. The van der Waals surface area contributed by atoms with Gasteiger partial charge in [0.25, 0.3) is 0 Å². The Hall–Kier alpha value is -3.40. The summed E-state index contributed by atoms with van der Waals surface area (Å²) in [4.78, 5) is 4.54. The van der Waals surface area contributed by atoms with E-state index in [0.717, 1.165) is 34.7 Å². The van der Waals surface area contributed by atoms with Crippen LogP contribution in [-0.4, -0.2) is 43.4 Å². The zero-order chi connectivity index (χ0) is 24.8. The number of anilines is 1. The first kappa shape index (κ1) is 24.7. The minimum Gasteiger partial charge on any atom is -0.497 e. The van der Waals surface area contributed by atoms with Crippen LogP contribution in [0.25, 0.3) is 22.4 Å². The monoisotopic (exact) mass is 511 g/mol. The predicted octanol–water partition coefficient (Wildman–Crippen LogP) is 4.68. The molecule has 10 heteroatoms. The van der Waals surface area contributed by atoms with E-state index >= 15 is 0 Å². The van der Waals surface area contributed by atoms with Crippen LogP contribution in [0.2, 0.25) is 5.02 Å². The lowest BCUT2D eigenvalue weighted by atomic mass is 10.0. The Kier molecular flexibility index (Phi) is 7.70. The summed E-state index contributed by atoms with van der Waals surface area (Å²) in [6.07, 6.45) is 3.72. The summed E-state index contributed by atoms with van der Waals surface area (Å²) >= 11 is 5.84. The van der Waals surface area contributed by atoms with Gasteiger partial charge in [-0.25, -0.2) is 18.1 Å². The average molecular weight is 512 g/mol. The van der Waals surface area contributed by atoms with Crippen LogP contribution < -0.4 is 14.8 Å². The van der Waals surface area contributed by atoms with Gasteiger partial charge < -0.3 is 10.1 Å². The molecule has 0 unspecified atom stereocenters. The molecule has 8 nitrogen and oxygen atoms in total. The van der Waals surface area contributed by atoms with E-state index in [1.807, 2.05) is 54.2 Å². The van der Waals surface area contributed by atoms with E-state index in [-0.39, 0.29) is 11.4 Å². The van der Waals surface area contributed by atoms with Crippen molar-refractivity contribution in [2.75, 3.05) is 25.5 Å². The molecule has 0 aliphatic heterocycles. The largest absolute Gasteiger partial charge is 0.497 e. The topological polar surface area (TPSA) is 98.1 Å². The number of aromatic nitrogens is 3. The van der Waals surface area contributed by atoms with Crippen LogP contribution in [0.15, 0.2) is 78.0 Å². The number of aryl methyl sites for hydroxylation is 1. The van der Waals surface area contributed by atoms with Crippen LogP contribution in [-0.2, 0) is 16.6 Å². The molecule has 0 radical (unpaired) electrons. The normalized spacial score (nSPS) is 11.4. The molecule has 0 bridgehead atoms. The van der Waals surface area contributed by atoms with Gasteiger partial charge in [-0.3, -0.25) is 4.68 Å². The summed E-state index contributed by atoms with van der Waals surface area (Å²) in [7, 11) is -1.98. The second-order valence-corrected chi connectivity index (χ2v) is 9.89. The molecule has 4 rings (SSSR count). The smallest absolute Gasteiger partial charge is 0.240 e. The van der Waals surface area contributed by atoms with Gasteiger partial charge in [-0.2, -0.15) is 5.10 Å². The van der Waals surface area contributed by atoms with E-state index in [1.165, 1.54) is 12.1 Å². The Labute approximate surface area is 210 Å². The number of sulfonamides is 1. The van der Waals surface area contributed by atoms with Crippen LogP contribution in [0.5, 0.6) is 5.75 Å². The Morgan fingerprint density at radius 2 is 1.83 bits per heavy atom. The second kappa shape index (κ2) is 10.9. The van der Waals surface area contributed by atoms with Crippen molar-refractivity contribution in [2.24, 2.45) is 0 Å². The summed E-state index contributed by atoms with van der Waals surface area (Å²) in [6.45, 7) is 3.33. The van der Waals surface area contributed by atoms with Crippen molar-refractivity contribution < 1.29 is 13.2 Å². The van der Waals surface area contributed by atoms with Crippen LogP contribution in [0, 0.1) is 0 Å². The van der Waals surface area contributed by atoms with Gasteiger partial charge in [-0.15, -0.1) is 0 Å². The Morgan fingerprint density at radius 3 is 2.57 bits per heavy atom. The zero-order valence-electron chi connectivity index (χ0n) is 19.4. The van der Waals surface area contributed by atoms with Crippen LogP contribution in [0.3, 0.4) is 0 Å². The van der Waals surface area contributed by atoms with Crippen LogP contribution in [0.1, 0.15) is 6.92 Å². The van der Waals surface area contributed by atoms with Crippen LogP contribution in [0.4, 0.5) is 5.82 Å². The number of halogens is 1. The van der Waals surface area contributed by atoms with Crippen molar-refractivity contribution in [1.82, 2.24) is 19.5 Å². The van der Waals surface area contributed by atoms with Gasteiger partial charge in [-0.1, -0.05) is 23.7 Å².